The van der Waals surface area contributed by atoms with E-state index in [0.29, 0.717) is 0 Å². The molecular formula is C12H15BrO2. The molecule has 15 heavy (non-hydrogen) atoms. The van der Waals surface area contributed by atoms with Crippen molar-refractivity contribution >= 4 is 15.9 Å². The Labute approximate surface area is 98.7 Å². The van der Waals surface area contributed by atoms with E-state index in [4.69, 9.17) is 9.47 Å². The summed E-state index contributed by atoms with van der Waals surface area (Å²) in [4.78, 5) is 0. The van der Waals surface area contributed by atoms with Crippen molar-refractivity contribution in [3.05, 3.63) is 35.9 Å². The van der Waals surface area contributed by atoms with Gasteiger partial charge in [-0.25, -0.2) is 0 Å². The zero-order chi connectivity index (χ0) is 10.9. The van der Waals surface area contributed by atoms with Crippen molar-refractivity contribution in [2.24, 2.45) is 0 Å². The van der Waals surface area contributed by atoms with E-state index in [1.165, 1.54) is 0 Å². The van der Waals surface area contributed by atoms with Crippen LogP contribution in [0.2, 0.25) is 0 Å². The van der Waals surface area contributed by atoms with Gasteiger partial charge >= 0.3 is 0 Å². The average molecular weight is 271 g/mol. The number of ether oxygens (including phenoxy) is 2. The predicted molar refractivity (Wildman–Crippen MR) is 63.0 cm³/mol. The molecule has 1 aromatic rings. The van der Waals surface area contributed by atoms with Gasteiger partial charge in [-0.3, -0.25) is 0 Å². The highest BCUT2D eigenvalue weighted by atomic mass is 79.9. The molecule has 1 aliphatic heterocycles. The van der Waals surface area contributed by atoms with Gasteiger partial charge in [-0.2, -0.15) is 0 Å². The maximum absolute atomic E-state index is 5.89. The van der Waals surface area contributed by atoms with E-state index in [2.05, 4.69) is 29.8 Å². The summed E-state index contributed by atoms with van der Waals surface area (Å²) in [6.45, 7) is 4.11. The van der Waals surface area contributed by atoms with Crippen LogP contribution in [0.1, 0.15) is 25.7 Å². The Kier molecular flexibility index (Phi) is 3.14. The highest BCUT2D eigenvalue weighted by Crippen LogP contribution is 2.38. The van der Waals surface area contributed by atoms with E-state index < -0.39 is 0 Å². The number of rotatable bonds is 2. The molecule has 1 fully saturated rings. The molecule has 0 amide bonds. The molecule has 0 N–H and O–H groups in total. The van der Waals surface area contributed by atoms with Gasteiger partial charge in [0, 0.05) is 10.9 Å². The van der Waals surface area contributed by atoms with Gasteiger partial charge in [0.05, 0.1) is 11.7 Å². The molecule has 1 aromatic carbocycles. The molecule has 0 aromatic heterocycles. The second-order valence-electron chi connectivity index (χ2n) is 4.24. The maximum Gasteiger partial charge on any atom is 0.185 e. The fraction of sp³-hybridized carbons (Fsp3) is 0.500. The van der Waals surface area contributed by atoms with Crippen LogP contribution in [0.25, 0.3) is 0 Å². The van der Waals surface area contributed by atoms with Gasteiger partial charge < -0.3 is 9.47 Å². The van der Waals surface area contributed by atoms with Gasteiger partial charge in [0.25, 0.3) is 0 Å². The molecule has 2 nitrogen and oxygen atoms in total. The standard InChI is InChI=1S/C12H15BrO2/c1-12(2)10(8-13)14-11(15-12)9-6-4-3-5-7-9/h3-7,10-11H,8H2,1-2H3. The van der Waals surface area contributed by atoms with Crippen LogP contribution in [0.5, 0.6) is 0 Å². The molecule has 2 atom stereocenters. The minimum atomic E-state index is -0.233. The highest BCUT2D eigenvalue weighted by Gasteiger charge is 2.42. The summed E-state index contributed by atoms with van der Waals surface area (Å²) in [5.74, 6) is 0. The Balaban J connectivity index is 2.16. The van der Waals surface area contributed by atoms with E-state index in [1.807, 2.05) is 30.3 Å². The van der Waals surface area contributed by atoms with Crippen molar-refractivity contribution < 1.29 is 9.47 Å². The summed E-state index contributed by atoms with van der Waals surface area (Å²) < 4.78 is 11.7. The molecule has 0 radical (unpaired) electrons. The summed E-state index contributed by atoms with van der Waals surface area (Å²) >= 11 is 3.45. The topological polar surface area (TPSA) is 18.5 Å². The summed E-state index contributed by atoms with van der Waals surface area (Å²) in [5.41, 5.74) is 0.846. The zero-order valence-corrected chi connectivity index (χ0v) is 10.5. The lowest BCUT2D eigenvalue weighted by atomic mass is 10.0. The van der Waals surface area contributed by atoms with Crippen LogP contribution in [0.15, 0.2) is 30.3 Å². The van der Waals surface area contributed by atoms with Crippen LogP contribution in [0, 0.1) is 0 Å². The van der Waals surface area contributed by atoms with Crippen LogP contribution >= 0.6 is 15.9 Å². The Morgan fingerprint density at radius 2 is 1.93 bits per heavy atom. The Morgan fingerprint density at radius 3 is 2.47 bits per heavy atom. The van der Waals surface area contributed by atoms with E-state index in [1.54, 1.807) is 0 Å². The maximum atomic E-state index is 5.89. The van der Waals surface area contributed by atoms with Gasteiger partial charge in [-0.1, -0.05) is 46.3 Å². The molecule has 2 unspecified atom stereocenters. The van der Waals surface area contributed by atoms with E-state index >= 15 is 0 Å². The number of halogens is 1. The summed E-state index contributed by atoms with van der Waals surface area (Å²) in [6.07, 6.45) is -0.133. The molecule has 2 rings (SSSR count). The zero-order valence-electron chi connectivity index (χ0n) is 8.94. The van der Waals surface area contributed by atoms with E-state index in [-0.39, 0.29) is 18.0 Å². The molecule has 82 valence electrons. The summed E-state index contributed by atoms with van der Waals surface area (Å²) in [5, 5.41) is 0.795. The summed E-state index contributed by atoms with van der Waals surface area (Å²) in [7, 11) is 0. The molecule has 0 spiro atoms. The largest absolute Gasteiger partial charge is 0.341 e. The van der Waals surface area contributed by atoms with E-state index in [9.17, 15) is 0 Å². The van der Waals surface area contributed by atoms with Crippen molar-refractivity contribution in [3.8, 4) is 0 Å². The minimum Gasteiger partial charge on any atom is -0.341 e. The second kappa shape index (κ2) is 4.24. The molecular weight excluding hydrogens is 256 g/mol. The third kappa shape index (κ3) is 2.25. The Morgan fingerprint density at radius 1 is 1.27 bits per heavy atom. The quantitative estimate of drug-likeness (QED) is 0.768. The molecule has 3 heteroatoms. The van der Waals surface area contributed by atoms with Gasteiger partial charge in [-0.15, -0.1) is 0 Å². The number of hydrogen-bond acceptors (Lipinski definition) is 2. The first-order valence-corrected chi connectivity index (χ1v) is 6.20. The molecule has 0 bridgehead atoms. The second-order valence-corrected chi connectivity index (χ2v) is 4.89. The Hall–Kier alpha value is -0.380. The number of alkyl halides is 1. The molecule has 1 saturated heterocycles. The molecule has 1 aliphatic rings. The van der Waals surface area contributed by atoms with Crippen LogP contribution in [0.3, 0.4) is 0 Å². The monoisotopic (exact) mass is 270 g/mol. The van der Waals surface area contributed by atoms with Crippen LogP contribution in [0.4, 0.5) is 0 Å². The first-order chi connectivity index (χ1) is 7.13. The number of benzene rings is 1. The lowest BCUT2D eigenvalue weighted by Crippen LogP contribution is -2.33. The lowest BCUT2D eigenvalue weighted by Gasteiger charge is -2.21. The Bertz CT molecular complexity index is 324. The third-order valence-corrected chi connectivity index (χ3v) is 3.27. The molecule has 1 heterocycles. The van der Waals surface area contributed by atoms with Crippen LogP contribution in [-0.4, -0.2) is 17.0 Å². The van der Waals surface area contributed by atoms with Crippen molar-refractivity contribution in [2.45, 2.75) is 31.8 Å². The van der Waals surface area contributed by atoms with Gasteiger partial charge in [0.2, 0.25) is 0 Å². The SMILES string of the molecule is CC1(C)OC(c2ccccc2)OC1CBr. The van der Waals surface area contributed by atoms with E-state index in [0.717, 1.165) is 10.9 Å². The fourth-order valence-electron chi connectivity index (χ4n) is 1.67. The fourth-order valence-corrected chi connectivity index (χ4v) is 2.60. The van der Waals surface area contributed by atoms with Crippen molar-refractivity contribution in [1.29, 1.82) is 0 Å². The van der Waals surface area contributed by atoms with Gasteiger partial charge in [0.1, 0.15) is 0 Å². The van der Waals surface area contributed by atoms with Crippen molar-refractivity contribution in [2.75, 3.05) is 5.33 Å². The highest BCUT2D eigenvalue weighted by molar-refractivity contribution is 9.09. The normalized spacial score (nSPS) is 29.3. The average Bonchev–Trinajstić information content (AvgIpc) is 2.55. The number of hydrogen-bond donors (Lipinski definition) is 0. The van der Waals surface area contributed by atoms with Crippen molar-refractivity contribution in [3.63, 3.8) is 0 Å². The lowest BCUT2D eigenvalue weighted by molar-refractivity contribution is -0.0830. The van der Waals surface area contributed by atoms with Gasteiger partial charge in [0.15, 0.2) is 6.29 Å². The minimum absolute atomic E-state index is 0.0997. The smallest absolute Gasteiger partial charge is 0.185 e. The summed E-state index contributed by atoms with van der Waals surface area (Å²) in [6, 6.07) is 10.0. The molecule has 0 saturated carbocycles. The van der Waals surface area contributed by atoms with Gasteiger partial charge in [-0.05, 0) is 13.8 Å². The van der Waals surface area contributed by atoms with Crippen molar-refractivity contribution in [1.82, 2.24) is 0 Å². The third-order valence-electron chi connectivity index (χ3n) is 2.69. The first-order valence-electron chi connectivity index (χ1n) is 5.07. The predicted octanol–water partition coefficient (Wildman–Crippen LogP) is 3.27. The van der Waals surface area contributed by atoms with Crippen LogP contribution in [-0.2, 0) is 9.47 Å². The molecule has 0 aliphatic carbocycles. The van der Waals surface area contributed by atoms with Crippen LogP contribution < -0.4 is 0 Å². The first kappa shape index (κ1) is 11.1.